The lowest BCUT2D eigenvalue weighted by Gasteiger charge is -2.12. The molecule has 0 aliphatic heterocycles. The van der Waals surface area contributed by atoms with Crippen LogP contribution in [0.4, 0.5) is 0 Å². The molecule has 1 rings (SSSR count). The molecule has 55 valence electrons. The van der Waals surface area contributed by atoms with E-state index in [-0.39, 0.29) is 0 Å². The summed E-state index contributed by atoms with van der Waals surface area (Å²) in [7, 11) is 0. The summed E-state index contributed by atoms with van der Waals surface area (Å²) in [6.07, 6.45) is 11.5. The average molecular weight is 135 g/mol. The summed E-state index contributed by atoms with van der Waals surface area (Å²) < 4.78 is 0. The van der Waals surface area contributed by atoms with Gasteiger partial charge in [0.05, 0.1) is 0 Å². The van der Waals surface area contributed by atoms with Crippen molar-refractivity contribution >= 4 is 0 Å². The fourth-order valence-corrected chi connectivity index (χ4v) is 1.23. The number of hydrogen-bond donors (Lipinski definition) is 0. The van der Waals surface area contributed by atoms with Crippen LogP contribution >= 0.6 is 0 Å². The molecular weight excluding hydrogens is 120 g/mol. The molecule has 10 heavy (non-hydrogen) atoms. The topological polar surface area (TPSA) is 0 Å². The van der Waals surface area contributed by atoms with E-state index in [0.717, 1.165) is 6.42 Å². The second kappa shape index (κ2) is 3.60. The van der Waals surface area contributed by atoms with E-state index in [1.54, 1.807) is 0 Å². The van der Waals surface area contributed by atoms with Crippen LogP contribution < -0.4 is 0 Å². The van der Waals surface area contributed by atoms with Gasteiger partial charge < -0.3 is 0 Å². The Morgan fingerprint density at radius 2 is 2.40 bits per heavy atom. The van der Waals surface area contributed by atoms with Crippen LogP contribution in [0.1, 0.15) is 33.1 Å². The van der Waals surface area contributed by atoms with E-state index in [1.165, 1.54) is 18.4 Å². The van der Waals surface area contributed by atoms with E-state index in [9.17, 15) is 0 Å². The van der Waals surface area contributed by atoms with Crippen LogP contribution in [0.15, 0.2) is 17.7 Å². The van der Waals surface area contributed by atoms with Gasteiger partial charge in [-0.05, 0) is 36.8 Å². The van der Waals surface area contributed by atoms with Gasteiger partial charge in [0.1, 0.15) is 0 Å². The summed E-state index contributed by atoms with van der Waals surface area (Å²) in [6.45, 7) is 4.41. The van der Waals surface area contributed by atoms with E-state index in [1.807, 2.05) is 0 Å². The van der Waals surface area contributed by atoms with Gasteiger partial charge in [-0.3, -0.25) is 0 Å². The van der Waals surface area contributed by atoms with Crippen LogP contribution in [0.5, 0.6) is 0 Å². The molecule has 0 heteroatoms. The van der Waals surface area contributed by atoms with Gasteiger partial charge in [-0.15, -0.1) is 0 Å². The molecule has 0 nitrogen and oxygen atoms in total. The number of hydrogen-bond acceptors (Lipinski definition) is 0. The summed E-state index contributed by atoms with van der Waals surface area (Å²) in [6, 6.07) is 0. The number of rotatable bonds is 2. The third-order valence-electron chi connectivity index (χ3n) is 2.00. The van der Waals surface area contributed by atoms with E-state index < -0.39 is 0 Å². The largest absolute Gasteiger partial charge is 0.0836 e. The van der Waals surface area contributed by atoms with Gasteiger partial charge in [-0.1, -0.05) is 26.0 Å². The van der Waals surface area contributed by atoms with Crippen molar-refractivity contribution in [3.8, 4) is 0 Å². The normalized spacial score (nSPS) is 24.6. The quantitative estimate of drug-likeness (QED) is 0.545. The molecule has 0 aromatic carbocycles. The average Bonchev–Trinajstić information content (AvgIpc) is 2.05. The van der Waals surface area contributed by atoms with Crippen LogP contribution in [-0.4, -0.2) is 0 Å². The Morgan fingerprint density at radius 1 is 1.60 bits per heavy atom. The molecule has 0 saturated carbocycles. The minimum atomic E-state index is 0.694. The molecule has 0 bridgehead atoms. The molecule has 1 aliphatic carbocycles. The van der Waals surface area contributed by atoms with E-state index in [2.05, 4.69) is 32.1 Å². The highest BCUT2D eigenvalue weighted by molar-refractivity contribution is 5.19. The zero-order valence-electron chi connectivity index (χ0n) is 6.85. The lowest BCUT2D eigenvalue weighted by molar-refractivity contribution is 0.607. The molecule has 0 fully saturated rings. The van der Waals surface area contributed by atoms with Crippen LogP contribution in [0.3, 0.4) is 0 Å². The Kier molecular flexibility index (Phi) is 2.73. The Labute approximate surface area is 63.6 Å². The SMILES string of the molecule is CCC1=[C]C(CC)CC=C1. The van der Waals surface area contributed by atoms with Crippen molar-refractivity contribution in [2.75, 3.05) is 0 Å². The summed E-state index contributed by atoms with van der Waals surface area (Å²) in [5.41, 5.74) is 1.39. The van der Waals surface area contributed by atoms with Gasteiger partial charge in [0.25, 0.3) is 0 Å². The first-order valence-electron chi connectivity index (χ1n) is 4.15. The predicted molar refractivity (Wildman–Crippen MR) is 44.6 cm³/mol. The highest BCUT2D eigenvalue weighted by Gasteiger charge is 2.05. The second-order valence-electron chi connectivity index (χ2n) is 2.77. The highest BCUT2D eigenvalue weighted by Crippen LogP contribution is 2.19. The smallest absolute Gasteiger partial charge is 0.0124 e. The zero-order valence-corrected chi connectivity index (χ0v) is 6.85. The fourth-order valence-electron chi connectivity index (χ4n) is 1.23. The molecule has 0 spiro atoms. The van der Waals surface area contributed by atoms with Crippen LogP contribution in [-0.2, 0) is 0 Å². The van der Waals surface area contributed by atoms with E-state index in [0.29, 0.717) is 5.92 Å². The third-order valence-corrected chi connectivity index (χ3v) is 2.00. The van der Waals surface area contributed by atoms with Gasteiger partial charge in [0, 0.05) is 0 Å². The minimum Gasteiger partial charge on any atom is -0.0836 e. The predicted octanol–water partition coefficient (Wildman–Crippen LogP) is 3.11. The van der Waals surface area contributed by atoms with Crippen molar-refractivity contribution < 1.29 is 0 Å². The molecule has 0 amide bonds. The Hall–Kier alpha value is -0.520. The minimum absolute atomic E-state index is 0.694. The lowest BCUT2D eigenvalue weighted by atomic mass is 9.93. The maximum absolute atomic E-state index is 3.48. The second-order valence-corrected chi connectivity index (χ2v) is 2.77. The van der Waals surface area contributed by atoms with Gasteiger partial charge in [0.15, 0.2) is 0 Å². The molecule has 0 N–H and O–H groups in total. The first kappa shape index (κ1) is 7.59. The summed E-state index contributed by atoms with van der Waals surface area (Å²) >= 11 is 0. The Balaban J connectivity index is 2.56. The van der Waals surface area contributed by atoms with Crippen LogP contribution in [0, 0.1) is 12.0 Å². The molecule has 0 aromatic rings. The summed E-state index contributed by atoms with van der Waals surface area (Å²) in [5, 5.41) is 0. The van der Waals surface area contributed by atoms with E-state index >= 15 is 0 Å². The van der Waals surface area contributed by atoms with Crippen LogP contribution in [0.25, 0.3) is 0 Å². The highest BCUT2D eigenvalue weighted by atomic mass is 14.1. The number of allylic oxidation sites excluding steroid dienone is 4. The molecule has 0 heterocycles. The Bertz CT molecular complexity index is 151. The standard InChI is InChI=1S/C10H15/c1-3-9-6-5-7-10(4-2)8-9/h5-6,10H,3-4,7H2,1-2H3. The van der Waals surface area contributed by atoms with Crippen molar-refractivity contribution in [1.82, 2.24) is 0 Å². The Morgan fingerprint density at radius 3 is 3.00 bits per heavy atom. The zero-order chi connectivity index (χ0) is 7.40. The molecular formula is C10H15. The first-order chi connectivity index (χ1) is 4.86. The maximum Gasteiger partial charge on any atom is -0.0124 e. The van der Waals surface area contributed by atoms with E-state index in [4.69, 9.17) is 0 Å². The molecule has 1 atom stereocenters. The summed E-state index contributed by atoms with van der Waals surface area (Å²) in [5.74, 6) is 0.694. The maximum atomic E-state index is 3.48. The molecule has 1 aliphatic rings. The van der Waals surface area contributed by atoms with Crippen molar-refractivity contribution in [2.45, 2.75) is 33.1 Å². The van der Waals surface area contributed by atoms with Crippen molar-refractivity contribution in [2.24, 2.45) is 5.92 Å². The third kappa shape index (κ3) is 1.73. The molecule has 1 radical (unpaired) electrons. The first-order valence-corrected chi connectivity index (χ1v) is 4.15. The van der Waals surface area contributed by atoms with Gasteiger partial charge >= 0.3 is 0 Å². The van der Waals surface area contributed by atoms with Crippen LogP contribution in [0.2, 0.25) is 0 Å². The van der Waals surface area contributed by atoms with Crippen molar-refractivity contribution in [3.05, 3.63) is 23.8 Å². The fraction of sp³-hybridized carbons (Fsp3) is 0.600. The van der Waals surface area contributed by atoms with Gasteiger partial charge in [-0.2, -0.15) is 0 Å². The molecule has 0 saturated heterocycles. The van der Waals surface area contributed by atoms with Crippen molar-refractivity contribution in [3.63, 3.8) is 0 Å². The van der Waals surface area contributed by atoms with Gasteiger partial charge in [0.2, 0.25) is 0 Å². The van der Waals surface area contributed by atoms with Crippen molar-refractivity contribution in [1.29, 1.82) is 0 Å². The summed E-state index contributed by atoms with van der Waals surface area (Å²) in [4.78, 5) is 0. The molecule has 1 unspecified atom stereocenters. The lowest BCUT2D eigenvalue weighted by Crippen LogP contribution is -1.98. The monoisotopic (exact) mass is 135 g/mol. The van der Waals surface area contributed by atoms with Gasteiger partial charge in [-0.25, -0.2) is 0 Å². The molecule has 0 aromatic heterocycles.